The highest BCUT2D eigenvalue weighted by molar-refractivity contribution is 6.01. The van der Waals surface area contributed by atoms with E-state index < -0.39 is 40.9 Å². The molecule has 0 heterocycles. The first kappa shape index (κ1) is 23.4. The molecule has 4 aliphatic carbocycles. The molecule has 0 aliphatic heterocycles. The van der Waals surface area contributed by atoms with Crippen LogP contribution in [0.4, 0.5) is 0 Å². The van der Waals surface area contributed by atoms with Crippen molar-refractivity contribution in [3.05, 3.63) is 23.8 Å². The van der Waals surface area contributed by atoms with Gasteiger partial charge in [-0.2, -0.15) is 0 Å². The molecule has 0 bridgehead atoms. The molecule has 0 radical (unpaired) electrons. The molecular formula is C26H36O6. The molecule has 176 valence electrons. The average molecular weight is 445 g/mol. The van der Waals surface area contributed by atoms with E-state index in [4.69, 9.17) is 4.74 Å². The monoisotopic (exact) mass is 444 g/mol. The minimum absolute atomic E-state index is 0.00305. The highest BCUT2D eigenvalue weighted by Crippen LogP contribution is 2.67. The van der Waals surface area contributed by atoms with Gasteiger partial charge in [0.1, 0.15) is 5.60 Å². The van der Waals surface area contributed by atoms with E-state index in [2.05, 4.69) is 6.92 Å². The van der Waals surface area contributed by atoms with Crippen molar-refractivity contribution in [2.24, 2.45) is 34.0 Å². The summed E-state index contributed by atoms with van der Waals surface area (Å²) < 4.78 is 5.24. The number of hydrogen-bond donors (Lipinski definition) is 2. The summed E-state index contributed by atoms with van der Waals surface area (Å²) in [6.45, 7) is 8.73. The van der Waals surface area contributed by atoms with Crippen molar-refractivity contribution in [1.82, 2.24) is 0 Å². The van der Waals surface area contributed by atoms with Crippen LogP contribution in [0.3, 0.4) is 0 Å². The number of rotatable bonds is 3. The van der Waals surface area contributed by atoms with Crippen molar-refractivity contribution in [3.63, 3.8) is 0 Å². The normalized spacial score (nSPS) is 43.1. The number of carbonyl (C=O) groups is 3. The number of aliphatic hydroxyl groups is 2. The maximum Gasteiger partial charge on any atom is 0.311 e. The molecule has 0 aromatic carbocycles. The van der Waals surface area contributed by atoms with Crippen molar-refractivity contribution >= 4 is 17.5 Å². The molecular weight excluding hydrogens is 408 g/mol. The molecule has 7 atom stereocenters. The van der Waals surface area contributed by atoms with Gasteiger partial charge in [-0.1, -0.05) is 25.5 Å². The first-order chi connectivity index (χ1) is 14.7. The molecule has 3 saturated carbocycles. The Labute approximate surface area is 190 Å². The summed E-state index contributed by atoms with van der Waals surface area (Å²) in [6.07, 6.45) is 7.48. The Bertz CT molecular complexity index is 910. The van der Waals surface area contributed by atoms with E-state index in [0.29, 0.717) is 19.3 Å². The minimum Gasteiger partial charge on any atom is -0.457 e. The number of allylic oxidation sites excluding steroid dienone is 4. The second kappa shape index (κ2) is 7.36. The Morgan fingerprint density at radius 2 is 1.91 bits per heavy atom. The lowest BCUT2D eigenvalue weighted by Gasteiger charge is -2.59. The van der Waals surface area contributed by atoms with Gasteiger partial charge in [0.25, 0.3) is 0 Å². The van der Waals surface area contributed by atoms with Gasteiger partial charge in [0.15, 0.2) is 12.4 Å². The Morgan fingerprint density at radius 1 is 1.22 bits per heavy atom. The molecule has 0 aromatic heterocycles. The van der Waals surface area contributed by atoms with Crippen LogP contribution in [0, 0.1) is 34.0 Å². The van der Waals surface area contributed by atoms with Gasteiger partial charge in [0, 0.05) is 16.7 Å². The number of esters is 1. The fraction of sp³-hybridized carbons (Fsp3) is 0.731. The highest BCUT2D eigenvalue weighted by Gasteiger charge is 2.68. The van der Waals surface area contributed by atoms with Gasteiger partial charge < -0.3 is 14.9 Å². The molecule has 4 aliphatic rings. The zero-order chi connectivity index (χ0) is 23.7. The number of aliphatic hydroxyl groups excluding tert-OH is 1. The largest absolute Gasteiger partial charge is 0.457 e. The second-order valence-electron chi connectivity index (χ2n) is 11.9. The summed E-state index contributed by atoms with van der Waals surface area (Å²) in [5.74, 6) is -0.791. The number of Topliss-reactive ketones (excluding diaryl/α,β-unsaturated/α-hetero) is 1. The van der Waals surface area contributed by atoms with Crippen LogP contribution >= 0.6 is 0 Å². The molecule has 4 unspecified atom stereocenters. The van der Waals surface area contributed by atoms with Gasteiger partial charge in [0.2, 0.25) is 5.78 Å². The standard InChI is InChI=1S/C26H36O6/c1-23(2,3)22(30)32-14-20(29)26(31)11-9-18-17-7-6-15-12-16(27)8-10-24(15,4)21(17)19(28)13-25(18,26)5/h8,10,12,17-19,21,28,31H,6-7,9,11,13-14H2,1-5H3/t17?,18?,19?,21?,24-,25-,26-/m0/s1. The van der Waals surface area contributed by atoms with E-state index in [0.717, 1.165) is 18.4 Å². The Morgan fingerprint density at radius 3 is 2.56 bits per heavy atom. The van der Waals surface area contributed by atoms with Crippen molar-refractivity contribution < 1.29 is 29.3 Å². The maximum atomic E-state index is 13.2. The number of carbonyl (C=O) groups excluding carboxylic acids is 3. The zero-order valence-electron chi connectivity index (χ0n) is 19.8. The molecule has 0 amide bonds. The van der Waals surface area contributed by atoms with Crippen molar-refractivity contribution in [2.45, 2.75) is 78.4 Å². The van der Waals surface area contributed by atoms with E-state index in [-0.39, 0.29) is 29.0 Å². The third kappa shape index (κ3) is 3.25. The lowest BCUT2D eigenvalue weighted by atomic mass is 9.46. The van der Waals surface area contributed by atoms with Crippen molar-refractivity contribution in [3.8, 4) is 0 Å². The summed E-state index contributed by atoms with van der Waals surface area (Å²) in [5, 5.41) is 23.0. The number of hydrogen-bond acceptors (Lipinski definition) is 6. The summed E-state index contributed by atoms with van der Waals surface area (Å²) in [4.78, 5) is 37.3. The van der Waals surface area contributed by atoms with E-state index >= 15 is 0 Å². The molecule has 32 heavy (non-hydrogen) atoms. The first-order valence-electron chi connectivity index (χ1n) is 11.8. The van der Waals surface area contributed by atoms with E-state index in [1.165, 1.54) is 0 Å². The van der Waals surface area contributed by atoms with Gasteiger partial charge in [-0.15, -0.1) is 0 Å². The van der Waals surface area contributed by atoms with Crippen molar-refractivity contribution in [2.75, 3.05) is 6.61 Å². The van der Waals surface area contributed by atoms with Gasteiger partial charge in [-0.3, -0.25) is 14.4 Å². The van der Waals surface area contributed by atoms with Crippen LogP contribution in [0.25, 0.3) is 0 Å². The Balaban J connectivity index is 1.60. The third-order valence-electron chi connectivity index (χ3n) is 9.06. The molecule has 6 heteroatoms. The van der Waals surface area contributed by atoms with E-state index in [1.54, 1.807) is 32.9 Å². The van der Waals surface area contributed by atoms with Crippen LogP contribution in [-0.4, -0.2) is 46.1 Å². The molecule has 0 spiro atoms. The van der Waals surface area contributed by atoms with E-state index in [1.807, 2.05) is 13.0 Å². The van der Waals surface area contributed by atoms with Gasteiger partial charge in [0.05, 0.1) is 11.5 Å². The van der Waals surface area contributed by atoms with Crippen LogP contribution in [0.15, 0.2) is 23.8 Å². The molecule has 0 saturated heterocycles. The lowest BCUT2D eigenvalue weighted by molar-refractivity contribution is -0.182. The van der Waals surface area contributed by atoms with Crippen LogP contribution in [-0.2, 0) is 19.1 Å². The van der Waals surface area contributed by atoms with E-state index in [9.17, 15) is 24.6 Å². The molecule has 6 nitrogen and oxygen atoms in total. The maximum absolute atomic E-state index is 13.2. The molecule has 0 aromatic rings. The molecule has 2 N–H and O–H groups in total. The quantitative estimate of drug-likeness (QED) is 0.649. The summed E-state index contributed by atoms with van der Waals surface area (Å²) in [7, 11) is 0. The van der Waals surface area contributed by atoms with Gasteiger partial charge in [-0.05, 0) is 76.9 Å². The summed E-state index contributed by atoms with van der Waals surface area (Å²) in [6, 6.07) is 0. The zero-order valence-corrected chi connectivity index (χ0v) is 19.8. The number of ketones is 2. The van der Waals surface area contributed by atoms with Crippen LogP contribution in [0.1, 0.15) is 66.7 Å². The topological polar surface area (TPSA) is 101 Å². The SMILES string of the molecule is CC(C)(C)C(=O)OCC(=O)[C@@]1(O)CCC2C3CCC4=CC(=O)C=C[C@]4(C)C3C(O)C[C@@]21C. The predicted molar refractivity (Wildman–Crippen MR) is 118 cm³/mol. The fourth-order valence-electron chi connectivity index (χ4n) is 7.26. The predicted octanol–water partition coefficient (Wildman–Crippen LogP) is 3.15. The molecule has 4 rings (SSSR count). The second-order valence-corrected chi connectivity index (χ2v) is 11.9. The molecule has 3 fully saturated rings. The number of ether oxygens (including phenoxy) is 1. The first-order valence-corrected chi connectivity index (χ1v) is 11.8. The lowest BCUT2D eigenvalue weighted by Crippen LogP contribution is -2.61. The Kier molecular flexibility index (Phi) is 5.37. The van der Waals surface area contributed by atoms with Gasteiger partial charge in [-0.25, -0.2) is 0 Å². The average Bonchev–Trinajstić information content (AvgIpc) is 2.97. The smallest absolute Gasteiger partial charge is 0.311 e. The van der Waals surface area contributed by atoms with Crippen LogP contribution in [0.5, 0.6) is 0 Å². The van der Waals surface area contributed by atoms with Crippen molar-refractivity contribution in [1.29, 1.82) is 0 Å². The van der Waals surface area contributed by atoms with Crippen LogP contribution < -0.4 is 0 Å². The number of fused-ring (bicyclic) bond motifs is 5. The summed E-state index contributed by atoms with van der Waals surface area (Å²) in [5.41, 5.74) is -2.45. The fourth-order valence-corrected chi connectivity index (χ4v) is 7.26. The minimum atomic E-state index is -1.63. The summed E-state index contributed by atoms with van der Waals surface area (Å²) >= 11 is 0. The Hall–Kier alpha value is -1.79. The highest BCUT2D eigenvalue weighted by atomic mass is 16.5. The third-order valence-corrected chi connectivity index (χ3v) is 9.06. The van der Waals surface area contributed by atoms with Crippen LogP contribution in [0.2, 0.25) is 0 Å². The van der Waals surface area contributed by atoms with Gasteiger partial charge >= 0.3 is 5.97 Å².